The molecule has 5 nitrogen and oxygen atoms in total. The van der Waals surface area contributed by atoms with Gasteiger partial charge in [0.15, 0.2) is 0 Å². The normalized spacial score (nSPS) is 13.7. The molecule has 0 aliphatic rings. The molecule has 0 radical (unpaired) electrons. The van der Waals surface area contributed by atoms with Crippen molar-refractivity contribution < 1.29 is 14.6 Å². The average Bonchev–Trinajstić information content (AvgIpc) is 2.60. The Morgan fingerprint density at radius 3 is 2.39 bits per heavy atom. The van der Waals surface area contributed by atoms with Crippen LogP contribution in [0.1, 0.15) is 43.9 Å². The number of halogens is 2. The van der Waals surface area contributed by atoms with Gasteiger partial charge in [-0.05, 0) is 56.2 Å². The Balaban J connectivity index is 2.35. The fourth-order valence-electron chi connectivity index (χ4n) is 2.82. The Hall–Kier alpha value is -1.95. The van der Waals surface area contributed by atoms with Crippen LogP contribution in [0.5, 0.6) is 0 Å². The second-order valence-electron chi connectivity index (χ2n) is 7.76. The molecule has 0 bridgehead atoms. The van der Waals surface area contributed by atoms with Gasteiger partial charge in [0.05, 0.1) is 16.1 Å². The molecule has 2 rings (SSSR count). The number of likely N-dealkylation sites (N-methyl/N-ethyl adjacent to an activating group) is 1. The van der Waals surface area contributed by atoms with E-state index in [9.17, 15) is 9.90 Å². The highest BCUT2D eigenvalue weighted by Crippen LogP contribution is 2.35. The first-order valence-corrected chi connectivity index (χ1v) is 9.66. The summed E-state index contributed by atoms with van der Waals surface area (Å²) >= 11 is 12.2. The van der Waals surface area contributed by atoms with Crippen LogP contribution in [0.2, 0.25) is 10.0 Å². The molecule has 0 aromatic heterocycles. The van der Waals surface area contributed by atoms with Gasteiger partial charge in [0, 0.05) is 25.2 Å². The lowest BCUT2D eigenvalue weighted by atomic mass is 9.88. The Morgan fingerprint density at radius 1 is 1.14 bits per heavy atom. The van der Waals surface area contributed by atoms with E-state index < -0.39 is 23.7 Å². The van der Waals surface area contributed by atoms with Crippen LogP contribution in [-0.2, 0) is 4.74 Å². The Kier molecular flexibility index (Phi) is 7.21. The monoisotopic (exact) mass is 424 g/mol. The molecule has 0 heterocycles. The maximum absolute atomic E-state index is 12.4. The third-order valence-electron chi connectivity index (χ3n) is 4.18. The molecule has 0 spiro atoms. The minimum atomic E-state index is -0.911. The number of benzene rings is 2. The number of nitrogens with zero attached hydrogens (tertiary/aromatic N) is 1. The highest BCUT2D eigenvalue weighted by molar-refractivity contribution is 6.42. The predicted octanol–water partition coefficient (Wildman–Crippen LogP) is 5.26. The molecule has 0 fully saturated rings. The zero-order valence-corrected chi connectivity index (χ0v) is 18.0. The fraction of sp³-hybridized carbons (Fsp3) is 0.381. The lowest BCUT2D eigenvalue weighted by molar-refractivity contribution is 0.0250. The van der Waals surface area contributed by atoms with Gasteiger partial charge in [-0.3, -0.25) is 0 Å². The summed E-state index contributed by atoms with van der Waals surface area (Å²) in [6.07, 6.45) is -1.39. The van der Waals surface area contributed by atoms with Crippen molar-refractivity contribution in [1.82, 2.24) is 4.90 Å². The number of anilines is 1. The molecule has 152 valence electrons. The summed E-state index contributed by atoms with van der Waals surface area (Å²) in [7, 11) is 1.63. The van der Waals surface area contributed by atoms with Gasteiger partial charge in [-0.1, -0.05) is 41.4 Å². The summed E-state index contributed by atoms with van der Waals surface area (Å²) in [6.45, 7) is 5.62. The van der Waals surface area contributed by atoms with E-state index in [0.29, 0.717) is 21.3 Å². The number of hydrogen-bond donors (Lipinski definition) is 2. The minimum absolute atomic E-state index is 0.211. The van der Waals surface area contributed by atoms with Crippen LogP contribution < -0.4 is 5.73 Å². The van der Waals surface area contributed by atoms with Crippen molar-refractivity contribution in [2.75, 3.05) is 19.3 Å². The molecule has 0 saturated carbocycles. The van der Waals surface area contributed by atoms with E-state index in [1.807, 2.05) is 0 Å². The molecular weight excluding hydrogens is 399 g/mol. The van der Waals surface area contributed by atoms with E-state index >= 15 is 0 Å². The highest BCUT2D eigenvalue weighted by atomic mass is 35.5. The van der Waals surface area contributed by atoms with Crippen molar-refractivity contribution >= 4 is 35.0 Å². The second kappa shape index (κ2) is 9.03. The largest absolute Gasteiger partial charge is 0.444 e. The first-order chi connectivity index (χ1) is 13.0. The van der Waals surface area contributed by atoms with E-state index in [0.717, 1.165) is 5.56 Å². The highest BCUT2D eigenvalue weighted by Gasteiger charge is 2.28. The summed E-state index contributed by atoms with van der Waals surface area (Å²) in [5.74, 6) is -0.464. The molecule has 2 aromatic carbocycles. The average molecular weight is 425 g/mol. The van der Waals surface area contributed by atoms with E-state index in [4.69, 9.17) is 33.7 Å². The smallest absolute Gasteiger partial charge is 0.410 e. The van der Waals surface area contributed by atoms with Gasteiger partial charge in [-0.25, -0.2) is 4.79 Å². The van der Waals surface area contributed by atoms with Crippen LogP contribution in [0.4, 0.5) is 10.5 Å². The van der Waals surface area contributed by atoms with Gasteiger partial charge in [0.2, 0.25) is 0 Å². The number of rotatable bonds is 5. The standard InChI is InChI=1S/C21H26Cl2N2O3/c1-21(2,3)28-20(27)25(4)12-16(13-8-9-17(22)18(23)11-13)19(26)14-6-5-7-15(24)10-14/h5-11,16,19,26H,12,24H2,1-4H3. The number of carbonyl (C=O) groups is 1. The zero-order chi connectivity index (χ0) is 21.1. The first-order valence-electron chi connectivity index (χ1n) is 8.90. The summed E-state index contributed by atoms with van der Waals surface area (Å²) in [4.78, 5) is 13.9. The number of nitrogens with two attached hydrogens (primary N) is 1. The number of hydrogen-bond acceptors (Lipinski definition) is 4. The van der Waals surface area contributed by atoms with Crippen molar-refractivity contribution in [3.05, 3.63) is 63.6 Å². The van der Waals surface area contributed by atoms with Crippen LogP contribution in [-0.4, -0.2) is 35.3 Å². The Morgan fingerprint density at radius 2 is 1.82 bits per heavy atom. The van der Waals surface area contributed by atoms with Crippen molar-refractivity contribution in [3.8, 4) is 0 Å². The summed E-state index contributed by atoms with van der Waals surface area (Å²) < 4.78 is 5.42. The summed E-state index contributed by atoms with van der Waals surface area (Å²) in [5.41, 5.74) is 7.19. The van der Waals surface area contributed by atoms with E-state index in [-0.39, 0.29) is 6.54 Å². The Bertz CT molecular complexity index is 837. The van der Waals surface area contributed by atoms with Crippen molar-refractivity contribution in [3.63, 3.8) is 0 Å². The van der Waals surface area contributed by atoms with Crippen molar-refractivity contribution in [2.45, 2.75) is 38.4 Å². The maximum Gasteiger partial charge on any atom is 0.410 e. The summed E-state index contributed by atoms with van der Waals surface area (Å²) in [6, 6.07) is 12.2. The number of amides is 1. The molecule has 0 saturated heterocycles. The van der Waals surface area contributed by atoms with Crippen LogP contribution in [0.25, 0.3) is 0 Å². The Labute approximate surface area is 176 Å². The van der Waals surface area contributed by atoms with Gasteiger partial charge >= 0.3 is 6.09 Å². The molecule has 0 aliphatic heterocycles. The minimum Gasteiger partial charge on any atom is -0.444 e. The quantitative estimate of drug-likeness (QED) is 0.641. The van der Waals surface area contributed by atoms with Crippen LogP contribution in [0.3, 0.4) is 0 Å². The first kappa shape index (κ1) is 22.3. The molecule has 28 heavy (non-hydrogen) atoms. The number of carbonyl (C=O) groups excluding carboxylic acids is 1. The lowest BCUT2D eigenvalue weighted by Gasteiger charge is -2.30. The van der Waals surface area contributed by atoms with E-state index in [2.05, 4.69) is 0 Å². The van der Waals surface area contributed by atoms with Crippen molar-refractivity contribution in [2.24, 2.45) is 0 Å². The molecule has 2 unspecified atom stereocenters. The van der Waals surface area contributed by atoms with Crippen LogP contribution in [0.15, 0.2) is 42.5 Å². The number of nitrogen functional groups attached to an aromatic ring is 1. The SMILES string of the molecule is CN(CC(c1ccc(Cl)c(Cl)c1)C(O)c1cccc(N)c1)C(=O)OC(C)(C)C. The summed E-state index contributed by atoms with van der Waals surface area (Å²) in [5, 5.41) is 11.9. The lowest BCUT2D eigenvalue weighted by Crippen LogP contribution is -2.37. The predicted molar refractivity (Wildman–Crippen MR) is 114 cm³/mol. The van der Waals surface area contributed by atoms with Gasteiger partial charge in [0.25, 0.3) is 0 Å². The molecule has 1 amide bonds. The molecular formula is C21H26Cl2N2O3. The van der Waals surface area contributed by atoms with Crippen molar-refractivity contribution in [1.29, 1.82) is 0 Å². The molecule has 2 aromatic rings. The van der Waals surface area contributed by atoms with Gasteiger partial charge in [-0.2, -0.15) is 0 Å². The maximum atomic E-state index is 12.4. The topological polar surface area (TPSA) is 75.8 Å². The van der Waals surface area contributed by atoms with Gasteiger partial charge in [0.1, 0.15) is 5.60 Å². The van der Waals surface area contributed by atoms with Gasteiger partial charge in [-0.15, -0.1) is 0 Å². The molecule has 7 heteroatoms. The number of ether oxygens (including phenoxy) is 1. The molecule has 2 atom stereocenters. The van der Waals surface area contributed by atoms with Crippen LogP contribution in [0, 0.1) is 0 Å². The third kappa shape index (κ3) is 6.03. The zero-order valence-electron chi connectivity index (χ0n) is 16.4. The number of aliphatic hydroxyl groups is 1. The van der Waals surface area contributed by atoms with Crippen LogP contribution >= 0.6 is 23.2 Å². The fourth-order valence-corrected chi connectivity index (χ4v) is 3.12. The van der Waals surface area contributed by atoms with E-state index in [1.54, 1.807) is 70.3 Å². The molecule has 0 aliphatic carbocycles. The van der Waals surface area contributed by atoms with E-state index in [1.165, 1.54) is 4.90 Å². The number of aliphatic hydroxyl groups excluding tert-OH is 1. The second-order valence-corrected chi connectivity index (χ2v) is 8.57. The molecule has 3 N–H and O–H groups in total. The third-order valence-corrected chi connectivity index (χ3v) is 4.92. The van der Waals surface area contributed by atoms with Gasteiger partial charge < -0.3 is 20.5 Å².